The van der Waals surface area contributed by atoms with Crippen LogP contribution in [0.4, 0.5) is 5.69 Å². The van der Waals surface area contributed by atoms with Crippen molar-refractivity contribution in [2.75, 3.05) is 19.0 Å². The number of para-hydroxylation sites is 3. The van der Waals surface area contributed by atoms with Crippen molar-refractivity contribution < 1.29 is 19.1 Å². The molecule has 6 heteroatoms. The van der Waals surface area contributed by atoms with Gasteiger partial charge in [-0.3, -0.25) is 9.59 Å². The summed E-state index contributed by atoms with van der Waals surface area (Å²) in [5.41, 5.74) is 1.15. The summed E-state index contributed by atoms with van der Waals surface area (Å²) in [5.74, 6) is 1.64. The van der Waals surface area contributed by atoms with Gasteiger partial charge in [-0.05, 0) is 55.0 Å². The molecule has 2 amide bonds. The minimum absolute atomic E-state index is 0.141. The highest BCUT2D eigenvalue weighted by atomic mass is 16.5. The number of benzene rings is 3. The van der Waals surface area contributed by atoms with E-state index in [-0.39, 0.29) is 18.2 Å². The van der Waals surface area contributed by atoms with Crippen molar-refractivity contribution in [1.82, 2.24) is 5.32 Å². The summed E-state index contributed by atoms with van der Waals surface area (Å²) in [6.07, 6.45) is 0.804. The summed E-state index contributed by atoms with van der Waals surface area (Å²) in [4.78, 5) is 24.4. The maximum absolute atomic E-state index is 12.3. The summed E-state index contributed by atoms with van der Waals surface area (Å²) in [6, 6.07) is 23.5. The van der Waals surface area contributed by atoms with Gasteiger partial charge in [0, 0.05) is 18.5 Å². The Labute approximate surface area is 175 Å². The number of hydrogen-bond donors (Lipinski definition) is 2. The molecule has 0 aliphatic heterocycles. The largest absolute Gasteiger partial charge is 0.497 e. The smallest absolute Gasteiger partial charge is 0.251 e. The lowest BCUT2D eigenvalue weighted by Crippen LogP contribution is -2.25. The van der Waals surface area contributed by atoms with Crippen LogP contribution in [-0.2, 0) is 4.79 Å². The van der Waals surface area contributed by atoms with E-state index in [4.69, 9.17) is 9.47 Å². The summed E-state index contributed by atoms with van der Waals surface area (Å²) in [5, 5.41) is 5.69. The van der Waals surface area contributed by atoms with Crippen LogP contribution in [0, 0.1) is 0 Å². The Bertz CT molecular complexity index is 972. The molecule has 0 spiro atoms. The zero-order valence-corrected chi connectivity index (χ0v) is 16.8. The summed E-state index contributed by atoms with van der Waals surface area (Å²) >= 11 is 0. The molecule has 0 bridgehead atoms. The fourth-order valence-corrected chi connectivity index (χ4v) is 2.78. The van der Waals surface area contributed by atoms with Crippen LogP contribution in [0.15, 0.2) is 78.9 Å². The van der Waals surface area contributed by atoms with Crippen LogP contribution in [0.1, 0.15) is 23.2 Å². The summed E-state index contributed by atoms with van der Waals surface area (Å²) < 4.78 is 10.9. The van der Waals surface area contributed by atoms with E-state index in [1.54, 1.807) is 43.5 Å². The monoisotopic (exact) mass is 404 g/mol. The van der Waals surface area contributed by atoms with Crippen LogP contribution < -0.4 is 20.1 Å². The van der Waals surface area contributed by atoms with Crippen LogP contribution in [0.2, 0.25) is 0 Å². The number of amides is 2. The minimum Gasteiger partial charge on any atom is -0.497 e. The van der Waals surface area contributed by atoms with E-state index in [9.17, 15) is 9.59 Å². The molecular weight excluding hydrogens is 380 g/mol. The molecule has 0 aromatic heterocycles. The van der Waals surface area contributed by atoms with Gasteiger partial charge in [0.1, 0.15) is 11.5 Å². The molecule has 6 nitrogen and oxygen atoms in total. The molecule has 0 heterocycles. The third kappa shape index (κ3) is 6.10. The highest BCUT2D eigenvalue weighted by molar-refractivity contribution is 5.94. The van der Waals surface area contributed by atoms with Gasteiger partial charge in [-0.2, -0.15) is 0 Å². The average Bonchev–Trinajstić information content (AvgIpc) is 2.78. The molecule has 0 unspecified atom stereocenters. The third-order valence-corrected chi connectivity index (χ3v) is 4.35. The highest BCUT2D eigenvalue weighted by Crippen LogP contribution is 2.29. The molecule has 154 valence electrons. The molecule has 0 saturated carbocycles. The fourth-order valence-electron chi connectivity index (χ4n) is 2.78. The number of rotatable bonds is 9. The molecule has 3 aromatic rings. The third-order valence-electron chi connectivity index (χ3n) is 4.35. The number of nitrogens with one attached hydrogen (secondary N) is 2. The van der Waals surface area contributed by atoms with Gasteiger partial charge in [0.15, 0.2) is 5.75 Å². The quantitative estimate of drug-likeness (QED) is 0.510. The SMILES string of the molecule is COc1ccc(C(=O)NCCCC(=O)Nc2ccccc2Oc2ccccc2)cc1. The Morgan fingerprint density at radius 1 is 0.833 bits per heavy atom. The van der Waals surface area contributed by atoms with Crippen molar-refractivity contribution in [2.45, 2.75) is 12.8 Å². The van der Waals surface area contributed by atoms with Crippen LogP contribution in [0.3, 0.4) is 0 Å². The van der Waals surface area contributed by atoms with Gasteiger partial charge < -0.3 is 20.1 Å². The van der Waals surface area contributed by atoms with Crippen LogP contribution in [0.5, 0.6) is 17.2 Å². The van der Waals surface area contributed by atoms with Crippen LogP contribution >= 0.6 is 0 Å². The zero-order valence-electron chi connectivity index (χ0n) is 16.8. The molecule has 3 aromatic carbocycles. The fraction of sp³-hybridized carbons (Fsp3) is 0.167. The van der Waals surface area contributed by atoms with E-state index in [0.717, 1.165) is 0 Å². The van der Waals surface area contributed by atoms with E-state index < -0.39 is 0 Å². The molecule has 3 rings (SSSR count). The van der Waals surface area contributed by atoms with Crippen molar-refractivity contribution in [1.29, 1.82) is 0 Å². The first-order chi connectivity index (χ1) is 14.7. The molecule has 0 aliphatic carbocycles. The van der Waals surface area contributed by atoms with E-state index in [2.05, 4.69) is 10.6 Å². The Hall–Kier alpha value is -3.80. The molecule has 30 heavy (non-hydrogen) atoms. The van der Waals surface area contributed by atoms with E-state index >= 15 is 0 Å². The Balaban J connectivity index is 1.45. The van der Waals surface area contributed by atoms with Gasteiger partial charge in [-0.25, -0.2) is 0 Å². The second-order valence-electron chi connectivity index (χ2n) is 6.55. The van der Waals surface area contributed by atoms with Crippen molar-refractivity contribution in [3.63, 3.8) is 0 Å². The number of anilines is 1. The maximum atomic E-state index is 12.3. The van der Waals surface area contributed by atoms with Gasteiger partial charge in [-0.1, -0.05) is 30.3 Å². The molecule has 2 N–H and O–H groups in total. The topological polar surface area (TPSA) is 76.7 Å². The van der Waals surface area contributed by atoms with Crippen LogP contribution in [-0.4, -0.2) is 25.5 Å². The van der Waals surface area contributed by atoms with Gasteiger partial charge in [0.05, 0.1) is 12.8 Å². The number of ether oxygens (including phenoxy) is 2. The summed E-state index contributed by atoms with van der Waals surface area (Å²) in [6.45, 7) is 0.403. The molecule has 0 atom stereocenters. The van der Waals surface area contributed by atoms with E-state index in [1.807, 2.05) is 42.5 Å². The number of carbonyl (C=O) groups excluding carboxylic acids is 2. The first kappa shape index (κ1) is 20.9. The van der Waals surface area contributed by atoms with Gasteiger partial charge >= 0.3 is 0 Å². The maximum Gasteiger partial charge on any atom is 0.251 e. The summed E-state index contributed by atoms with van der Waals surface area (Å²) in [7, 11) is 1.58. The molecule has 0 fully saturated rings. The molecule has 0 radical (unpaired) electrons. The van der Waals surface area contributed by atoms with Crippen LogP contribution in [0.25, 0.3) is 0 Å². The van der Waals surface area contributed by atoms with Gasteiger partial charge in [0.2, 0.25) is 5.91 Å². The predicted molar refractivity (Wildman–Crippen MR) is 116 cm³/mol. The molecule has 0 saturated heterocycles. The first-order valence-electron chi connectivity index (χ1n) is 9.70. The van der Waals surface area contributed by atoms with E-state index in [0.29, 0.717) is 41.5 Å². The van der Waals surface area contributed by atoms with Crippen molar-refractivity contribution >= 4 is 17.5 Å². The Kier molecular flexibility index (Phi) is 7.44. The standard InChI is InChI=1S/C24H24N2O4/c1-29-19-15-13-18(14-16-19)24(28)25-17-7-12-23(27)26-21-10-5-6-11-22(21)30-20-8-3-2-4-9-20/h2-6,8-11,13-16H,7,12,17H2,1H3,(H,25,28)(H,26,27). The van der Waals surface area contributed by atoms with Crippen molar-refractivity contribution in [3.8, 4) is 17.2 Å². The normalized spacial score (nSPS) is 10.2. The predicted octanol–water partition coefficient (Wildman–Crippen LogP) is 4.64. The highest BCUT2D eigenvalue weighted by Gasteiger charge is 2.09. The van der Waals surface area contributed by atoms with Crippen molar-refractivity contribution in [2.24, 2.45) is 0 Å². The number of methoxy groups -OCH3 is 1. The number of carbonyl (C=O) groups is 2. The lowest BCUT2D eigenvalue weighted by atomic mass is 10.2. The Morgan fingerprint density at radius 3 is 2.27 bits per heavy atom. The van der Waals surface area contributed by atoms with Crippen molar-refractivity contribution in [3.05, 3.63) is 84.4 Å². The van der Waals surface area contributed by atoms with Gasteiger partial charge in [0.25, 0.3) is 5.91 Å². The lowest BCUT2D eigenvalue weighted by molar-refractivity contribution is -0.116. The van der Waals surface area contributed by atoms with Gasteiger partial charge in [-0.15, -0.1) is 0 Å². The average molecular weight is 404 g/mol. The Morgan fingerprint density at radius 2 is 1.53 bits per heavy atom. The number of hydrogen-bond acceptors (Lipinski definition) is 4. The van der Waals surface area contributed by atoms with E-state index in [1.165, 1.54) is 0 Å². The second-order valence-corrected chi connectivity index (χ2v) is 6.55. The molecule has 0 aliphatic rings. The second kappa shape index (κ2) is 10.7. The lowest BCUT2D eigenvalue weighted by Gasteiger charge is -2.12. The minimum atomic E-state index is -0.181. The first-order valence-corrected chi connectivity index (χ1v) is 9.70. The molecular formula is C24H24N2O4. The zero-order chi connectivity index (χ0) is 21.2.